The molecule has 0 radical (unpaired) electrons. The van der Waals surface area contributed by atoms with Gasteiger partial charge in [-0.3, -0.25) is 9.52 Å². The van der Waals surface area contributed by atoms with Gasteiger partial charge in [0.25, 0.3) is 5.91 Å². The SMILES string of the molecule is CCOCC1=Nc2c(NC(=O)c3ccccc3)nc3ccccc3c2N(CC(C)(CC)NSC)C1. The molecule has 1 aliphatic rings. The van der Waals surface area contributed by atoms with E-state index >= 15 is 0 Å². The quantitative estimate of drug-likeness (QED) is 0.367. The third kappa shape index (κ3) is 5.66. The lowest BCUT2D eigenvalue weighted by atomic mass is 9.97. The second-order valence-corrected chi connectivity index (χ2v) is 9.50. The van der Waals surface area contributed by atoms with Gasteiger partial charge in [-0.15, -0.1) is 0 Å². The number of benzene rings is 2. The van der Waals surface area contributed by atoms with E-state index in [1.807, 2.05) is 43.3 Å². The Morgan fingerprint density at radius 3 is 2.60 bits per heavy atom. The molecule has 2 N–H and O–H groups in total. The zero-order valence-corrected chi connectivity index (χ0v) is 21.6. The minimum absolute atomic E-state index is 0.122. The second kappa shape index (κ2) is 11.2. The van der Waals surface area contributed by atoms with E-state index < -0.39 is 0 Å². The molecule has 2 aromatic carbocycles. The van der Waals surface area contributed by atoms with Crippen molar-refractivity contribution in [2.24, 2.45) is 4.99 Å². The molecule has 0 saturated heterocycles. The molecule has 2 heterocycles. The smallest absolute Gasteiger partial charge is 0.256 e. The lowest BCUT2D eigenvalue weighted by Crippen LogP contribution is -2.50. The van der Waals surface area contributed by atoms with Crippen LogP contribution in [0.4, 0.5) is 17.2 Å². The summed E-state index contributed by atoms with van der Waals surface area (Å²) in [5.74, 6) is 0.249. The van der Waals surface area contributed by atoms with E-state index in [1.54, 1.807) is 24.1 Å². The van der Waals surface area contributed by atoms with Gasteiger partial charge in [-0.1, -0.05) is 55.3 Å². The van der Waals surface area contributed by atoms with Crippen LogP contribution in [0, 0.1) is 0 Å². The number of anilines is 2. The maximum Gasteiger partial charge on any atom is 0.256 e. The molecule has 35 heavy (non-hydrogen) atoms. The molecule has 0 aliphatic carbocycles. The van der Waals surface area contributed by atoms with Gasteiger partial charge in [0, 0.05) is 29.6 Å². The number of hydrogen-bond donors (Lipinski definition) is 2. The van der Waals surface area contributed by atoms with Crippen molar-refractivity contribution in [1.29, 1.82) is 0 Å². The van der Waals surface area contributed by atoms with Gasteiger partial charge in [0.2, 0.25) is 0 Å². The van der Waals surface area contributed by atoms with Crippen molar-refractivity contribution in [3.05, 3.63) is 60.2 Å². The van der Waals surface area contributed by atoms with Gasteiger partial charge in [-0.05, 0) is 44.7 Å². The fourth-order valence-electron chi connectivity index (χ4n) is 4.28. The van der Waals surface area contributed by atoms with Crippen LogP contribution >= 0.6 is 11.9 Å². The van der Waals surface area contributed by atoms with E-state index in [0.717, 1.165) is 35.3 Å². The summed E-state index contributed by atoms with van der Waals surface area (Å²) in [4.78, 5) is 25.2. The average molecular weight is 492 g/mol. The minimum atomic E-state index is -0.211. The van der Waals surface area contributed by atoms with Gasteiger partial charge < -0.3 is 15.0 Å². The lowest BCUT2D eigenvalue weighted by molar-refractivity contribution is 0.102. The normalized spacial score (nSPS) is 14.9. The van der Waals surface area contributed by atoms with Gasteiger partial charge in [-0.25, -0.2) is 9.98 Å². The number of aromatic nitrogens is 1. The Bertz CT molecular complexity index is 1220. The monoisotopic (exact) mass is 491 g/mol. The average Bonchev–Trinajstić information content (AvgIpc) is 2.88. The molecule has 1 atom stereocenters. The Kier molecular flexibility index (Phi) is 8.05. The van der Waals surface area contributed by atoms with Gasteiger partial charge in [-0.2, -0.15) is 0 Å². The van der Waals surface area contributed by atoms with E-state index in [0.29, 0.717) is 36.8 Å². The maximum atomic E-state index is 13.1. The summed E-state index contributed by atoms with van der Waals surface area (Å²) >= 11 is 1.63. The molecule has 8 heteroatoms. The molecule has 1 aromatic heterocycles. The molecule has 0 saturated carbocycles. The molecular weight excluding hydrogens is 458 g/mol. The van der Waals surface area contributed by atoms with Gasteiger partial charge >= 0.3 is 0 Å². The number of ether oxygens (including phenoxy) is 1. The minimum Gasteiger partial charge on any atom is -0.376 e. The zero-order valence-electron chi connectivity index (χ0n) is 20.8. The largest absolute Gasteiger partial charge is 0.376 e. The van der Waals surface area contributed by atoms with E-state index in [1.165, 1.54) is 0 Å². The number of carbonyl (C=O) groups is 1. The van der Waals surface area contributed by atoms with Crippen molar-refractivity contribution in [3.63, 3.8) is 0 Å². The Hall–Kier alpha value is -2.94. The Morgan fingerprint density at radius 1 is 1.14 bits per heavy atom. The van der Waals surface area contributed by atoms with Crippen LogP contribution in [0.2, 0.25) is 0 Å². The highest BCUT2D eigenvalue weighted by molar-refractivity contribution is 7.96. The van der Waals surface area contributed by atoms with Crippen molar-refractivity contribution in [1.82, 2.24) is 9.71 Å². The van der Waals surface area contributed by atoms with Crippen LogP contribution in [0.3, 0.4) is 0 Å². The van der Waals surface area contributed by atoms with Crippen LogP contribution in [0.15, 0.2) is 59.6 Å². The predicted octanol–water partition coefficient (Wildman–Crippen LogP) is 5.45. The number of amides is 1. The summed E-state index contributed by atoms with van der Waals surface area (Å²) in [6, 6.07) is 17.2. The van der Waals surface area contributed by atoms with E-state index in [4.69, 9.17) is 14.7 Å². The third-order valence-corrected chi connectivity index (χ3v) is 6.91. The molecule has 7 nitrogen and oxygen atoms in total. The topological polar surface area (TPSA) is 78.8 Å². The number of hydrogen-bond acceptors (Lipinski definition) is 7. The predicted molar refractivity (Wildman–Crippen MR) is 147 cm³/mol. The van der Waals surface area contributed by atoms with Gasteiger partial charge in [0.05, 0.1) is 30.1 Å². The number of carbonyl (C=O) groups excluding carboxylic acids is 1. The third-order valence-electron chi connectivity index (χ3n) is 6.21. The standard InChI is InChI=1S/C27H33N5O2S/c1-5-27(3,31-35-4)18-32-16-20(17-34-6-2)28-23-24(32)21-14-10-11-15-22(21)29-25(23)30-26(33)19-12-8-7-9-13-19/h7-15,31H,5-6,16-18H2,1-4H3,(H,29,30,33). The number of rotatable bonds is 10. The van der Waals surface area contributed by atoms with E-state index in [2.05, 4.69) is 41.1 Å². The molecule has 4 rings (SSSR count). The van der Waals surface area contributed by atoms with E-state index in [-0.39, 0.29) is 11.4 Å². The molecule has 0 bridgehead atoms. The lowest BCUT2D eigenvalue weighted by Gasteiger charge is -2.39. The molecule has 1 unspecified atom stereocenters. The summed E-state index contributed by atoms with van der Waals surface area (Å²) in [7, 11) is 0. The molecule has 0 fully saturated rings. The number of fused-ring (bicyclic) bond motifs is 3. The van der Waals surface area contributed by atoms with Gasteiger partial charge in [0.1, 0.15) is 5.69 Å². The number of pyridine rings is 1. The van der Waals surface area contributed by atoms with Crippen LogP contribution < -0.4 is 14.9 Å². The molecule has 184 valence electrons. The Morgan fingerprint density at radius 2 is 1.89 bits per heavy atom. The van der Waals surface area contributed by atoms with Crippen LogP contribution in [-0.4, -0.2) is 54.7 Å². The van der Waals surface area contributed by atoms with Crippen molar-refractivity contribution < 1.29 is 9.53 Å². The van der Waals surface area contributed by atoms with Crippen molar-refractivity contribution in [2.45, 2.75) is 32.7 Å². The van der Waals surface area contributed by atoms with Gasteiger partial charge in [0.15, 0.2) is 5.82 Å². The second-order valence-electron chi connectivity index (χ2n) is 8.89. The molecule has 3 aromatic rings. The number of aliphatic imine (C=N–C) groups is 1. The summed E-state index contributed by atoms with van der Waals surface area (Å²) in [5, 5.41) is 4.05. The highest BCUT2D eigenvalue weighted by atomic mass is 32.2. The number of nitrogens with one attached hydrogen (secondary N) is 2. The van der Waals surface area contributed by atoms with Crippen LogP contribution in [0.25, 0.3) is 10.9 Å². The molecule has 0 spiro atoms. The number of para-hydroxylation sites is 1. The summed E-state index contributed by atoms with van der Waals surface area (Å²) in [5.41, 5.74) is 3.85. The Balaban J connectivity index is 1.85. The van der Waals surface area contributed by atoms with Crippen molar-refractivity contribution >= 4 is 51.7 Å². The molecule has 1 aliphatic heterocycles. The fraction of sp³-hybridized carbons (Fsp3) is 0.370. The first-order valence-corrected chi connectivity index (χ1v) is 13.2. The summed E-state index contributed by atoms with van der Waals surface area (Å²) < 4.78 is 9.31. The summed E-state index contributed by atoms with van der Waals surface area (Å²) in [6.07, 6.45) is 3.01. The van der Waals surface area contributed by atoms with Crippen LogP contribution in [0.1, 0.15) is 37.6 Å². The zero-order chi connectivity index (χ0) is 24.8. The van der Waals surface area contributed by atoms with Crippen molar-refractivity contribution in [3.8, 4) is 0 Å². The molecule has 1 amide bonds. The molecular formula is C27H33N5O2S. The first kappa shape index (κ1) is 25.2. The summed E-state index contributed by atoms with van der Waals surface area (Å²) in [6.45, 7) is 8.87. The van der Waals surface area contributed by atoms with E-state index in [9.17, 15) is 4.79 Å². The number of nitrogens with zero attached hydrogens (tertiary/aromatic N) is 3. The van der Waals surface area contributed by atoms with Crippen LogP contribution in [-0.2, 0) is 4.74 Å². The van der Waals surface area contributed by atoms with Crippen molar-refractivity contribution in [2.75, 3.05) is 42.8 Å². The highest BCUT2D eigenvalue weighted by Gasteiger charge is 2.32. The highest BCUT2D eigenvalue weighted by Crippen LogP contribution is 2.44. The first-order chi connectivity index (χ1) is 17.0. The first-order valence-electron chi connectivity index (χ1n) is 12.0. The van der Waals surface area contributed by atoms with Crippen LogP contribution in [0.5, 0.6) is 0 Å². The fourth-order valence-corrected chi connectivity index (χ4v) is 4.98. The Labute approximate surface area is 211 Å². The maximum absolute atomic E-state index is 13.1.